The molecule has 1 saturated heterocycles. The van der Waals surface area contributed by atoms with E-state index in [1.165, 1.54) is 0 Å². The normalized spacial score (nSPS) is 14.3. The fraction of sp³-hybridized carbons (Fsp3) is 0.320. The maximum Gasteiger partial charge on any atom is 0.289 e. The van der Waals surface area contributed by atoms with Crippen molar-refractivity contribution in [1.29, 1.82) is 0 Å². The summed E-state index contributed by atoms with van der Waals surface area (Å²) in [5, 5.41) is 1.11. The summed E-state index contributed by atoms with van der Waals surface area (Å²) in [4.78, 5) is 17.0. The van der Waals surface area contributed by atoms with E-state index in [4.69, 9.17) is 37.1 Å². The molecule has 1 aromatic heterocycles. The summed E-state index contributed by atoms with van der Waals surface area (Å²) in [5.74, 6) is 2.34. The van der Waals surface area contributed by atoms with Gasteiger partial charge in [0.1, 0.15) is 23.9 Å². The molecule has 0 radical (unpaired) electrons. The van der Waals surface area contributed by atoms with Crippen LogP contribution in [-0.2, 0) is 13.2 Å². The van der Waals surface area contributed by atoms with Gasteiger partial charge in [-0.15, -0.1) is 0 Å². The SMILES string of the molecule is CCOc1ccc(OCc2ccc(C(=O)N3CCN(Cc4ccc(Cl)c(Cl)c4)CC3)o2)cc1. The van der Waals surface area contributed by atoms with Crippen LogP contribution in [0, 0.1) is 0 Å². The van der Waals surface area contributed by atoms with Crippen LogP contribution in [0.25, 0.3) is 0 Å². The largest absolute Gasteiger partial charge is 0.494 e. The number of ether oxygens (including phenoxy) is 2. The minimum atomic E-state index is -0.100. The number of benzene rings is 2. The molecule has 4 rings (SSSR count). The maximum atomic E-state index is 12.9. The average molecular weight is 489 g/mol. The number of amides is 1. The van der Waals surface area contributed by atoms with Crippen molar-refractivity contribution in [2.75, 3.05) is 32.8 Å². The number of furan rings is 1. The minimum Gasteiger partial charge on any atom is -0.494 e. The molecule has 0 N–H and O–H groups in total. The van der Waals surface area contributed by atoms with Gasteiger partial charge in [-0.1, -0.05) is 29.3 Å². The summed E-state index contributed by atoms with van der Waals surface area (Å²) in [6.07, 6.45) is 0. The van der Waals surface area contributed by atoms with Gasteiger partial charge >= 0.3 is 0 Å². The van der Waals surface area contributed by atoms with Crippen LogP contribution in [0.3, 0.4) is 0 Å². The van der Waals surface area contributed by atoms with Gasteiger partial charge in [0.15, 0.2) is 5.76 Å². The topological polar surface area (TPSA) is 55.2 Å². The van der Waals surface area contributed by atoms with Crippen LogP contribution in [0.1, 0.15) is 28.8 Å². The average Bonchev–Trinajstić information content (AvgIpc) is 3.30. The molecule has 2 aromatic carbocycles. The van der Waals surface area contributed by atoms with Crippen LogP contribution in [0.5, 0.6) is 11.5 Å². The minimum absolute atomic E-state index is 0.100. The Kier molecular flexibility index (Phi) is 7.81. The zero-order valence-corrected chi connectivity index (χ0v) is 19.9. The zero-order valence-electron chi connectivity index (χ0n) is 18.4. The van der Waals surface area contributed by atoms with Crippen molar-refractivity contribution in [3.8, 4) is 11.5 Å². The molecule has 174 valence electrons. The van der Waals surface area contributed by atoms with Gasteiger partial charge in [0, 0.05) is 32.7 Å². The highest BCUT2D eigenvalue weighted by Crippen LogP contribution is 2.24. The fourth-order valence-corrected chi connectivity index (χ4v) is 4.01. The summed E-state index contributed by atoms with van der Waals surface area (Å²) in [6.45, 7) is 6.41. The lowest BCUT2D eigenvalue weighted by atomic mass is 10.2. The van der Waals surface area contributed by atoms with E-state index in [0.717, 1.165) is 30.9 Å². The van der Waals surface area contributed by atoms with Crippen LogP contribution in [0.15, 0.2) is 59.0 Å². The molecule has 0 aliphatic carbocycles. The molecule has 0 unspecified atom stereocenters. The van der Waals surface area contributed by atoms with Crippen molar-refractivity contribution >= 4 is 29.1 Å². The van der Waals surface area contributed by atoms with E-state index in [0.29, 0.717) is 47.0 Å². The van der Waals surface area contributed by atoms with Crippen molar-refractivity contribution in [2.24, 2.45) is 0 Å². The van der Waals surface area contributed by atoms with Crippen LogP contribution in [0.2, 0.25) is 10.0 Å². The lowest BCUT2D eigenvalue weighted by molar-refractivity contribution is 0.0594. The van der Waals surface area contributed by atoms with Gasteiger partial charge in [0.25, 0.3) is 5.91 Å². The number of carbonyl (C=O) groups excluding carboxylic acids is 1. The molecular formula is C25H26Cl2N2O4. The summed E-state index contributed by atoms with van der Waals surface area (Å²) in [5.41, 5.74) is 1.10. The number of piperazine rings is 1. The summed E-state index contributed by atoms with van der Waals surface area (Å²) in [6, 6.07) is 16.6. The van der Waals surface area contributed by atoms with Gasteiger partial charge in [-0.25, -0.2) is 0 Å². The first kappa shape index (κ1) is 23.5. The summed E-state index contributed by atoms with van der Waals surface area (Å²) < 4.78 is 16.9. The highest BCUT2D eigenvalue weighted by molar-refractivity contribution is 6.42. The van der Waals surface area contributed by atoms with Crippen molar-refractivity contribution in [1.82, 2.24) is 9.80 Å². The third-order valence-corrected chi connectivity index (χ3v) is 6.18. The molecule has 0 bridgehead atoms. The highest BCUT2D eigenvalue weighted by atomic mass is 35.5. The monoisotopic (exact) mass is 488 g/mol. The third kappa shape index (κ3) is 6.22. The van der Waals surface area contributed by atoms with Crippen LogP contribution in [-0.4, -0.2) is 48.5 Å². The van der Waals surface area contributed by atoms with E-state index in [-0.39, 0.29) is 12.5 Å². The summed E-state index contributed by atoms with van der Waals surface area (Å²) >= 11 is 12.1. The Morgan fingerprint density at radius 2 is 1.61 bits per heavy atom. The molecule has 33 heavy (non-hydrogen) atoms. The molecule has 1 amide bonds. The molecule has 1 aliphatic rings. The van der Waals surface area contributed by atoms with E-state index >= 15 is 0 Å². The van der Waals surface area contributed by atoms with Gasteiger partial charge in [0.05, 0.1) is 16.7 Å². The van der Waals surface area contributed by atoms with Crippen molar-refractivity contribution in [3.63, 3.8) is 0 Å². The lowest BCUT2D eigenvalue weighted by Crippen LogP contribution is -2.48. The first-order valence-electron chi connectivity index (χ1n) is 10.9. The quantitative estimate of drug-likeness (QED) is 0.417. The smallest absolute Gasteiger partial charge is 0.289 e. The lowest BCUT2D eigenvalue weighted by Gasteiger charge is -2.34. The van der Waals surface area contributed by atoms with E-state index in [2.05, 4.69) is 4.90 Å². The van der Waals surface area contributed by atoms with E-state index in [1.807, 2.05) is 54.3 Å². The standard InChI is InChI=1S/C25H26Cl2N2O4/c1-2-31-19-4-6-20(7-5-19)32-17-21-8-10-24(33-21)25(30)29-13-11-28(12-14-29)16-18-3-9-22(26)23(27)15-18/h3-10,15H,2,11-14,16-17H2,1H3. The Bertz CT molecular complexity index is 1080. The molecule has 2 heterocycles. The number of hydrogen-bond acceptors (Lipinski definition) is 5. The molecular weight excluding hydrogens is 463 g/mol. The number of halogens is 2. The second-order valence-electron chi connectivity index (χ2n) is 7.78. The molecule has 0 atom stereocenters. The van der Waals surface area contributed by atoms with Gasteiger partial charge < -0.3 is 18.8 Å². The van der Waals surface area contributed by atoms with Crippen LogP contribution in [0.4, 0.5) is 0 Å². The number of hydrogen-bond donors (Lipinski definition) is 0. The molecule has 8 heteroatoms. The van der Waals surface area contributed by atoms with Crippen LogP contribution >= 0.6 is 23.2 Å². The second kappa shape index (κ2) is 11.0. The molecule has 6 nitrogen and oxygen atoms in total. The molecule has 3 aromatic rings. The van der Waals surface area contributed by atoms with Crippen LogP contribution < -0.4 is 9.47 Å². The third-order valence-electron chi connectivity index (χ3n) is 5.44. The van der Waals surface area contributed by atoms with Crippen molar-refractivity contribution in [2.45, 2.75) is 20.1 Å². The Labute approximate surface area is 203 Å². The fourth-order valence-electron chi connectivity index (χ4n) is 3.68. The maximum absolute atomic E-state index is 12.9. The van der Waals surface area contributed by atoms with E-state index in [9.17, 15) is 4.79 Å². The Morgan fingerprint density at radius 1 is 0.909 bits per heavy atom. The predicted octanol–water partition coefficient (Wildman–Crippen LogP) is 5.52. The van der Waals surface area contributed by atoms with Gasteiger partial charge in [-0.3, -0.25) is 9.69 Å². The first-order chi connectivity index (χ1) is 16.0. The molecule has 1 fully saturated rings. The number of nitrogens with zero attached hydrogens (tertiary/aromatic N) is 2. The zero-order chi connectivity index (χ0) is 23.2. The Hall–Kier alpha value is -2.67. The number of carbonyl (C=O) groups is 1. The Balaban J connectivity index is 1.25. The number of rotatable bonds is 8. The molecule has 0 spiro atoms. The van der Waals surface area contributed by atoms with E-state index in [1.54, 1.807) is 12.1 Å². The van der Waals surface area contributed by atoms with E-state index < -0.39 is 0 Å². The second-order valence-corrected chi connectivity index (χ2v) is 8.59. The van der Waals surface area contributed by atoms with Crippen molar-refractivity contribution in [3.05, 3.63) is 81.7 Å². The highest BCUT2D eigenvalue weighted by Gasteiger charge is 2.24. The van der Waals surface area contributed by atoms with Gasteiger partial charge in [0.2, 0.25) is 0 Å². The predicted molar refractivity (Wildman–Crippen MR) is 128 cm³/mol. The summed E-state index contributed by atoms with van der Waals surface area (Å²) in [7, 11) is 0. The molecule has 1 aliphatic heterocycles. The van der Waals surface area contributed by atoms with Gasteiger partial charge in [-0.05, 0) is 61.0 Å². The van der Waals surface area contributed by atoms with Crippen molar-refractivity contribution < 1.29 is 18.7 Å². The van der Waals surface area contributed by atoms with Gasteiger partial charge in [-0.2, -0.15) is 0 Å². The Morgan fingerprint density at radius 3 is 2.27 bits per heavy atom. The first-order valence-corrected chi connectivity index (χ1v) is 11.7. The molecule has 0 saturated carbocycles.